The highest BCUT2D eigenvalue weighted by atomic mass is 32.1. The number of rotatable bonds is 4. The van der Waals surface area contributed by atoms with Crippen molar-refractivity contribution in [1.82, 2.24) is 20.1 Å². The highest BCUT2D eigenvalue weighted by Gasteiger charge is 2.23. The molecular formula is C15H18N4O4S. The number of amides is 1. The van der Waals surface area contributed by atoms with E-state index in [2.05, 4.69) is 15.4 Å². The fourth-order valence-electron chi connectivity index (χ4n) is 2.14. The van der Waals surface area contributed by atoms with Crippen molar-refractivity contribution < 1.29 is 14.7 Å². The molecule has 2 rings (SSSR count). The van der Waals surface area contributed by atoms with Crippen LogP contribution in [0.3, 0.4) is 0 Å². The third-order valence-corrected chi connectivity index (χ3v) is 4.83. The molecule has 0 saturated carbocycles. The molecule has 0 aliphatic rings. The van der Waals surface area contributed by atoms with Crippen molar-refractivity contribution in [3.05, 3.63) is 32.2 Å². The zero-order valence-corrected chi connectivity index (χ0v) is 14.8. The number of aliphatic carboxylic acids is 1. The van der Waals surface area contributed by atoms with Gasteiger partial charge in [0.15, 0.2) is 0 Å². The minimum absolute atomic E-state index is 0.286. The minimum atomic E-state index is -1.12. The summed E-state index contributed by atoms with van der Waals surface area (Å²) in [5, 5.41) is 15.8. The maximum Gasteiger partial charge on any atom is 0.325 e. The Kier molecular flexibility index (Phi) is 4.83. The van der Waals surface area contributed by atoms with E-state index in [1.165, 1.54) is 11.6 Å². The number of carboxylic acid groups (broad SMARTS) is 1. The molecule has 0 aliphatic heterocycles. The van der Waals surface area contributed by atoms with Gasteiger partial charge in [0.05, 0.1) is 17.0 Å². The topological polar surface area (TPSA) is 114 Å². The van der Waals surface area contributed by atoms with Crippen LogP contribution in [0.25, 0.3) is 10.6 Å². The van der Waals surface area contributed by atoms with Gasteiger partial charge in [0.2, 0.25) is 0 Å². The van der Waals surface area contributed by atoms with Crippen LogP contribution in [-0.2, 0) is 11.8 Å². The molecule has 1 atom stereocenters. The first-order valence-electron chi connectivity index (χ1n) is 7.19. The van der Waals surface area contributed by atoms with Gasteiger partial charge in [0.1, 0.15) is 15.9 Å². The molecule has 8 nitrogen and oxygen atoms in total. The Hall–Kier alpha value is -2.55. The van der Waals surface area contributed by atoms with Crippen molar-refractivity contribution in [2.24, 2.45) is 7.05 Å². The van der Waals surface area contributed by atoms with Gasteiger partial charge in [-0.05, 0) is 33.3 Å². The van der Waals surface area contributed by atoms with Crippen LogP contribution in [0.2, 0.25) is 0 Å². The second kappa shape index (κ2) is 6.52. The molecule has 9 heteroatoms. The molecule has 0 radical (unpaired) electrons. The molecule has 1 amide bonds. The predicted octanol–water partition coefficient (Wildman–Crippen LogP) is 1.03. The molecule has 2 N–H and O–H groups in total. The van der Waals surface area contributed by atoms with Crippen LogP contribution in [-0.4, -0.2) is 37.8 Å². The van der Waals surface area contributed by atoms with Crippen LogP contribution < -0.4 is 10.9 Å². The summed E-state index contributed by atoms with van der Waals surface area (Å²) in [6, 6.07) is -1.01. The Morgan fingerprint density at radius 2 is 1.88 bits per heavy atom. The van der Waals surface area contributed by atoms with Gasteiger partial charge in [0, 0.05) is 7.05 Å². The second-order valence-electron chi connectivity index (χ2n) is 5.48. The summed E-state index contributed by atoms with van der Waals surface area (Å²) < 4.78 is 1.24. The van der Waals surface area contributed by atoms with Gasteiger partial charge in [-0.2, -0.15) is 5.10 Å². The smallest absolute Gasteiger partial charge is 0.325 e. The first-order chi connectivity index (χ1) is 11.1. The number of carbonyl (C=O) groups excluding carboxylic acids is 1. The monoisotopic (exact) mass is 350 g/mol. The number of nitrogens with zero attached hydrogens (tertiary/aromatic N) is 3. The number of thiazole rings is 1. The lowest BCUT2D eigenvalue weighted by atomic mass is 10.1. The fourth-order valence-corrected chi connectivity index (χ4v) is 3.20. The Morgan fingerprint density at radius 1 is 1.25 bits per heavy atom. The molecular weight excluding hydrogens is 332 g/mol. The average Bonchev–Trinajstić information content (AvgIpc) is 2.87. The Balaban J connectivity index is 2.49. The number of nitrogens with one attached hydrogen (secondary N) is 1. The number of carboxylic acids is 1. The van der Waals surface area contributed by atoms with Gasteiger partial charge in [-0.15, -0.1) is 11.3 Å². The first-order valence-corrected chi connectivity index (χ1v) is 8.01. The largest absolute Gasteiger partial charge is 0.480 e. The van der Waals surface area contributed by atoms with E-state index < -0.39 is 17.9 Å². The van der Waals surface area contributed by atoms with Gasteiger partial charge in [-0.1, -0.05) is 0 Å². The molecule has 0 aromatic carbocycles. The number of hydrogen-bond acceptors (Lipinski definition) is 6. The maximum atomic E-state index is 12.4. The van der Waals surface area contributed by atoms with E-state index in [1.54, 1.807) is 27.8 Å². The first kappa shape index (κ1) is 17.8. The maximum absolute atomic E-state index is 12.4. The zero-order chi connectivity index (χ0) is 18.2. The fraction of sp³-hybridized carbons (Fsp3) is 0.400. The van der Waals surface area contributed by atoms with Gasteiger partial charge >= 0.3 is 5.97 Å². The molecule has 0 bridgehead atoms. The molecule has 0 aliphatic carbocycles. The van der Waals surface area contributed by atoms with E-state index in [1.807, 2.05) is 0 Å². The van der Waals surface area contributed by atoms with Gasteiger partial charge < -0.3 is 10.4 Å². The van der Waals surface area contributed by atoms with Crippen LogP contribution in [0.1, 0.15) is 33.5 Å². The van der Waals surface area contributed by atoms with Crippen molar-refractivity contribution in [2.45, 2.75) is 33.7 Å². The van der Waals surface area contributed by atoms with Gasteiger partial charge in [-0.25, -0.2) is 9.67 Å². The van der Waals surface area contributed by atoms with E-state index in [-0.39, 0.29) is 10.4 Å². The van der Waals surface area contributed by atoms with Crippen molar-refractivity contribution in [1.29, 1.82) is 0 Å². The molecule has 0 fully saturated rings. The zero-order valence-electron chi connectivity index (χ0n) is 14.0. The normalized spacial score (nSPS) is 12.0. The Labute approximate surface area is 142 Å². The van der Waals surface area contributed by atoms with E-state index in [0.29, 0.717) is 27.5 Å². The summed E-state index contributed by atoms with van der Waals surface area (Å²) in [5.74, 6) is -1.65. The molecule has 2 heterocycles. The van der Waals surface area contributed by atoms with Crippen LogP contribution in [0.15, 0.2) is 4.79 Å². The van der Waals surface area contributed by atoms with E-state index in [9.17, 15) is 14.4 Å². The van der Waals surface area contributed by atoms with Crippen molar-refractivity contribution >= 4 is 23.2 Å². The molecule has 0 spiro atoms. The predicted molar refractivity (Wildman–Crippen MR) is 89.4 cm³/mol. The van der Waals surface area contributed by atoms with Crippen LogP contribution >= 0.6 is 11.3 Å². The number of aryl methyl sites for hydroxylation is 3. The minimum Gasteiger partial charge on any atom is -0.480 e. The SMILES string of the molecule is Cc1nc(-c2c(C)c(C)nn(C)c2=O)sc1C(=O)NC(C)C(=O)O. The standard InChI is InChI=1S/C15H18N4O4S/c1-6-7(2)18-19(5)14(21)10(6)13-17-8(3)11(24-13)12(20)16-9(4)15(22)23/h9H,1-5H3,(H,16,20)(H,22,23). The van der Waals surface area contributed by atoms with E-state index >= 15 is 0 Å². The molecule has 2 aromatic heterocycles. The van der Waals surface area contributed by atoms with Crippen molar-refractivity contribution in [2.75, 3.05) is 0 Å². The lowest BCUT2D eigenvalue weighted by Gasteiger charge is -2.08. The molecule has 0 saturated heterocycles. The third kappa shape index (κ3) is 3.21. The molecule has 1 unspecified atom stereocenters. The third-order valence-electron chi connectivity index (χ3n) is 3.66. The van der Waals surface area contributed by atoms with Crippen LogP contribution in [0.5, 0.6) is 0 Å². The van der Waals surface area contributed by atoms with Crippen molar-refractivity contribution in [3.8, 4) is 10.6 Å². The van der Waals surface area contributed by atoms with E-state index in [4.69, 9.17) is 5.11 Å². The number of hydrogen-bond donors (Lipinski definition) is 2. The highest BCUT2D eigenvalue weighted by molar-refractivity contribution is 7.17. The van der Waals surface area contributed by atoms with Gasteiger partial charge in [0.25, 0.3) is 11.5 Å². The summed E-state index contributed by atoms with van der Waals surface area (Å²) in [4.78, 5) is 40.1. The summed E-state index contributed by atoms with van der Waals surface area (Å²) in [6.07, 6.45) is 0. The molecule has 128 valence electrons. The van der Waals surface area contributed by atoms with Crippen LogP contribution in [0.4, 0.5) is 0 Å². The highest BCUT2D eigenvalue weighted by Crippen LogP contribution is 2.28. The van der Waals surface area contributed by atoms with Crippen LogP contribution in [0, 0.1) is 20.8 Å². The van der Waals surface area contributed by atoms with Gasteiger partial charge in [-0.3, -0.25) is 14.4 Å². The summed E-state index contributed by atoms with van der Waals surface area (Å²) in [7, 11) is 1.56. The Bertz CT molecular complexity index is 884. The quantitative estimate of drug-likeness (QED) is 0.851. The average molecular weight is 350 g/mol. The lowest BCUT2D eigenvalue weighted by Crippen LogP contribution is -2.38. The summed E-state index contributed by atoms with van der Waals surface area (Å²) in [5.41, 5.74) is 1.96. The van der Waals surface area contributed by atoms with Crippen molar-refractivity contribution in [3.63, 3.8) is 0 Å². The number of carbonyl (C=O) groups is 2. The second-order valence-corrected chi connectivity index (χ2v) is 6.48. The Morgan fingerprint density at radius 3 is 2.46 bits per heavy atom. The summed E-state index contributed by atoms with van der Waals surface area (Å²) >= 11 is 1.06. The molecule has 24 heavy (non-hydrogen) atoms. The summed E-state index contributed by atoms with van der Waals surface area (Å²) in [6.45, 7) is 6.60. The van der Waals surface area contributed by atoms with E-state index in [0.717, 1.165) is 11.3 Å². The number of aromatic nitrogens is 3. The molecule has 2 aromatic rings. The lowest BCUT2D eigenvalue weighted by molar-refractivity contribution is -0.138.